The molecule has 0 aliphatic rings. The van der Waals surface area contributed by atoms with E-state index in [-0.39, 0.29) is 11.2 Å². The van der Waals surface area contributed by atoms with Crippen molar-refractivity contribution in [1.82, 2.24) is 4.98 Å². The van der Waals surface area contributed by atoms with Crippen molar-refractivity contribution in [2.24, 2.45) is 0 Å². The average Bonchev–Trinajstić information content (AvgIpc) is 2.61. The van der Waals surface area contributed by atoms with Gasteiger partial charge in [-0.1, -0.05) is 18.2 Å². The lowest BCUT2D eigenvalue weighted by molar-refractivity contribution is 0.0594. The summed E-state index contributed by atoms with van der Waals surface area (Å²) in [5, 5.41) is 3.84. The summed E-state index contributed by atoms with van der Waals surface area (Å²) in [5.41, 5.74) is 1.62. The van der Waals surface area contributed by atoms with E-state index in [1.807, 2.05) is 30.5 Å². The van der Waals surface area contributed by atoms with E-state index in [0.29, 0.717) is 11.1 Å². The molecule has 0 unspecified atom stereocenters. The Morgan fingerprint density at radius 3 is 2.75 bits per heavy atom. The van der Waals surface area contributed by atoms with E-state index in [2.05, 4.69) is 10.3 Å². The van der Waals surface area contributed by atoms with Gasteiger partial charge in [0.2, 0.25) is 0 Å². The molecule has 3 rings (SSSR count). The van der Waals surface area contributed by atoms with Crippen LogP contribution in [0.5, 0.6) is 0 Å². The minimum absolute atomic E-state index is 0.0543. The highest BCUT2D eigenvalue weighted by atomic mass is 32.2. The maximum absolute atomic E-state index is 14.1. The third-order valence-corrected chi connectivity index (χ3v) is 4.26. The van der Waals surface area contributed by atoms with Gasteiger partial charge >= 0.3 is 5.97 Å². The van der Waals surface area contributed by atoms with Gasteiger partial charge < -0.3 is 10.1 Å². The lowest BCUT2D eigenvalue weighted by Crippen LogP contribution is -2.06. The Hall–Kier alpha value is -2.60. The van der Waals surface area contributed by atoms with Crippen LogP contribution in [0.15, 0.2) is 53.4 Å². The van der Waals surface area contributed by atoms with Crippen molar-refractivity contribution in [3.63, 3.8) is 0 Å². The fourth-order valence-corrected chi connectivity index (χ4v) is 2.84. The van der Waals surface area contributed by atoms with Crippen LogP contribution in [-0.2, 0) is 4.74 Å². The van der Waals surface area contributed by atoms with Crippen molar-refractivity contribution >= 4 is 40.0 Å². The Morgan fingerprint density at radius 2 is 2.00 bits per heavy atom. The van der Waals surface area contributed by atoms with Crippen molar-refractivity contribution in [3.05, 3.63) is 60.0 Å². The van der Waals surface area contributed by atoms with Crippen molar-refractivity contribution in [3.8, 4) is 0 Å². The van der Waals surface area contributed by atoms with Crippen LogP contribution in [0.25, 0.3) is 10.9 Å². The monoisotopic (exact) mass is 342 g/mol. The Bertz CT molecular complexity index is 915. The number of esters is 1. The van der Waals surface area contributed by atoms with E-state index in [0.717, 1.165) is 10.6 Å². The number of thioether (sulfide) groups is 1. The standard InChI is InChI=1S/C18H15FN2O2S/c1-23-18(22)16-10-15(13-7-4-8-14(19)17(13)21-16)20-11-5-3-6-12(9-11)24-2/h3-10H,1-2H3,(H,20,21). The molecule has 6 heteroatoms. The lowest BCUT2D eigenvalue weighted by atomic mass is 10.1. The van der Waals surface area contributed by atoms with E-state index < -0.39 is 11.8 Å². The minimum atomic E-state index is -0.610. The first-order valence-electron chi connectivity index (χ1n) is 7.21. The smallest absolute Gasteiger partial charge is 0.356 e. The van der Waals surface area contributed by atoms with E-state index in [1.165, 1.54) is 13.2 Å². The molecule has 0 bridgehead atoms. The van der Waals surface area contributed by atoms with E-state index in [4.69, 9.17) is 4.74 Å². The second-order valence-electron chi connectivity index (χ2n) is 5.04. The molecular weight excluding hydrogens is 327 g/mol. The van der Waals surface area contributed by atoms with E-state index in [1.54, 1.807) is 30.0 Å². The van der Waals surface area contributed by atoms with Crippen LogP contribution in [0.1, 0.15) is 10.5 Å². The number of carbonyl (C=O) groups is 1. The number of halogens is 1. The highest BCUT2D eigenvalue weighted by Crippen LogP contribution is 2.29. The van der Waals surface area contributed by atoms with Crippen LogP contribution in [0.2, 0.25) is 0 Å². The molecule has 0 saturated carbocycles. The molecule has 24 heavy (non-hydrogen) atoms. The summed E-state index contributed by atoms with van der Waals surface area (Å²) >= 11 is 1.62. The van der Waals surface area contributed by atoms with Gasteiger partial charge in [-0.2, -0.15) is 0 Å². The van der Waals surface area contributed by atoms with Crippen LogP contribution >= 0.6 is 11.8 Å². The topological polar surface area (TPSA) is 51.2 Å². The minimum Gasteiger partial charge on any atom is -0.464 e. The number of hydrogen-bond donors (Lipinski definition) is 1. The fourth-order valence-electron chi connectivity index (χ4n) is 2.38. The van der Waals surface area contributed by atoms with Crippen LogP contribution in [0.4, 0.5) is 15.8 Å². The number of hydrogen-bond acceptors (Lipinski definition) is 5. The number of rotatable bonds is 4. The molecule has 3 aromatic rings. The molecular formula is C18H15FN2O2S. The van der Waals surface area contributed by atoms with Crippen LogP contribution in [0, 0.1) is 5.82 Å². The largest absolute Gasteiger partial charge is 0.464 e. The number of nitrogens with one attached hydrogen (secondary N) is 1. The lowest BCUT2D eigenvalue weighted by Gasteiger charge is -2.12. The molecule has 0 amide bonds. The number of carbonyl (C=O) groups excluding carboxylic acids is 1. The molecule has 0 aliphatic heterocycles. The number of ether oxygens (including phenoxy) is 1. The second-order valence-corrected chi connectivity index (χ2v) is 5.92. The molecule has 1 N–H and O–H groups in total. The Morgan fingerprint density at radius 1 is 1.21 bits per heavy atom. The number of pyridine rings is 1. The van der Waals surface area contributed by atoms with Gasteiger partial charge in [0.1, 0.15) is 11.3 Å². The van der Waals surface area contributed by atoms with Gasteiger partial charge in [0.25, 0.3) is 0 Å². The second kappa shape index (κ2) is 6.88. The predicted molar refractivity (Wildman–Crippen MR) is 94.5 cm³/mol. The summed E-state index contributed by atoms with van der Waals surface area (Å²) in [5.74, 6) is -1.10. The van der Waals surface area contributed by atoms with Gasteiger partial charge in [0, 0.05) is 16.0 Å². The summed E-state index contributed by atoms with van der Waals surface area (Å²) in [4.78, 5) is 17.0. The zero-order valence-electron chi connectivity index (χ0n) is 13.2. The highest BCUT2D eigenvalue weighted by molar-refractivity contribution is 7.98. The first-order valence-corrected chi connectivity index (χ1v) is 8.43. The summed E-state index contributed by atoms with van der Waals surface area (Å²) in [7, 11) is 1.27. The summed E-state index contributed by atoms with van der Waals surface area (Å²) in [6.45, 7) is 0. The highest BCUT2D eigenvalue weighted by Gasteiger charge is 2.15. The van der Waals surface area contributed by atoms with Gasteiger partial charge in [-0.05, 0) is 36.6 Å². The summed E-state index contributed by atoms with van der Waals surface area (Å²) in [6.07, 6.45) is 1.99. The molecule has 4 nitrogen and oxygen atoms in total. The van der Waals surface area contributed by atoms with Crippen molar-refractivity contribution in [1.29, 1.82) is 0 Å². The number of methoxy groups -OCH3 is 1. The van der Waals surface area contributed by atoms with E-state index >= 15 is 0 Å². The quantitative estimate of drug-likeness (QED) is 0.553. The summed E-state index contributed by atoms with van der Waals surface area (Å²) < 4.78 is 18.8. The van der Waals surface area contributed by atoms with Crippen molar-refractivity contribution in [2.45, 2.75) is 4.90 Å². The molecule has 0 atom stereocenters. The number of anilines is 2. The number of para-hydroxylation sites is 1. The SMILES string of the molecule is COC(=O)c1cc(Nc2cccc(SC)c2)c2cccc(F)c2n1. The fraction of sp³-hybridized carbons (Fsp3) is 0.111. The van der Waals surface area contributed by atoms with Crippen LogP contribution in [0.3, 0.4) is 0 Å². The average molecular weight is 342 g/mol. The first kappa shape index (κ1) is 16.3. The van der Waals surface area contributed by atoms with Crippen LogP contribution in [-0.4, -0.2) is 24.3 Å². The van der Waals surface area contributed by atoms with Gasteiger partial charge in [0.05, 0.1) is 12.8 Å². The first-order chi connectivity index (χ1) is 11.6. The van der Waals surface area contributed by atoms with Crippen molar-refractivity contribution in [2.75, 3.05) is 18.7 Å². The maximum atomic E-state index is 14.1. The molecule has 1 heterocycles. The number of fused-ring (bicyclic) bond motifs is 1. The molecule has 1 aromatic heterocycles. The van der Waals surface area contributed by atoms with Gasteiger partial charge in [-0.15, -0.1) is 11.8 Å². The van der Waals surface area contributed by atoms with E-state index in [9.17, 15) is 9.18 Å². The number of nitrogens with zero attached hydrogens (tertiary/aromatic N) is 1. The van der Waals surface area contributed by atoms with Gasteiger partial charge in [0.15, 0.2) is 5.69 Å². The Labute approximate surface area is 143 Å². The predicted octanol–water partition coefficient (Wildman–Crippen LogP) is 4.63. The molecule has 0 fully saturated rings. The third-order valence-electron chi connectivity index (χ3n) is 3.53. The molecule has 122 valence electrons. The molecule has 0 spiro atoms. The zero-order chi connectivity index (χ0) is 17.1. The molecule has 0 saturated heterocycles. The zero-order valence-corrected chi connectivity index (χ0v) is 14.0. The Balaban J connectivity index is 2.14. The number of benzene rings is 2. The maximum Gasteiger partial charge on any atom is 0.356 e. The van der Waals surface area contributed by atoms with Crippen molar-refractivity contribution < 1.29 is 13.9 Å². The molecule has 0 radical (unpaired) electrons. The normalized spacial score (nSPS) is 10.6. The third kappa shape index (κ3) is 3.19. The number of aromatic nitrogens is 1. The van der Waals surface area contributed by atoms with Gasteiger partial charge in [-0.3, -0.25) is 0 Å². The molecule has 0 aliphatic carbocycles. The van der Waals surface area contributed by atoms with Gasteiger partial charge in [-0.25, -0.2) is 14.2 Å². The summed E-state index contributed by atoms with van der Waals surface area (Å²) in [6, 6.07) is 14.1. The van der Waals surface area contributed by atoms with Crippen LogP contribution < -0.4 is 5.32 Å². The molecule has 2 aromatic carbocycles. The Kier molecular flexibility index (Phi) is 4.66.